The monoisotopic (exact) mass is 986 g/mol. The molecule has 1 aliphatic heterocycles. The number of hydrogen-bond donors (Lipinski definition) is 13. The lowest BCUT2D eigenvalue weighted by molar-refractivity contribution is -0.163. The number of hydrogen-bond acceptors (Lipinski definition) is 15. The lowest BCUT2D eigenvalue weighted by atomic mass is 10.1. The summed E-state index contributed by atoms with van der Waals surface area (Å²) in [5.41, 5.74) is 0. The summed E-state index contributed by atoms with van der Waals surface area (Å²) in [6, 6.07) is -10.2. The Bertz CT molecular complexity index is 1720. The minimum atomic E-state index is -2.03. The van der Waals surface area contributed by atoms with Crippen LogP contribution in [0.25, 0.3) is 0 Å². The third-order valence-corrected chi connectivity index (χ3v) is 11.0. The predicted octanol–water partition coefficient (Wildman–Crippen LogP) is -1.86. The van der Waals surface area contributed by atoms with Crippen molar-refractivity contribution in [1.82, 2.24) is 47.3 Å². The van der Waals surface area contributed by atoms with Gasteiger partial charge < -0.3 is 57.6 Å². The van der Waals surface area contributed by atoms with E-state index in [2.05, 4.69) is 56.3 Å². The Balaban J connectivity index is 2.99. The molecule has 0 aromatic heterocycles. The smallest absolute Gasteiger partial charge is 0.326 e. The third kappa shape index (κ3) is 24.9. The van der Waals surface area contributed by atoms with Gasteiger partial charge in [-0.1, -0.05) is 57.6 Å². The first-order valence-corrected chi connectivity index (χ1v) is 23.6. The van der Waals surface area contributed by atoms with Crippen molar-refractivity contribution < 1.29 is 78.8 Å². The van der Waals surface area contributed by atoms with Gasteiger partial charge in [-0.15, -0.1) is 0 Å². The Hall–Kier alpha value is -5.76. The van der Waals surface area contributed by atoms with Crippen LogP contribution in [-0.4, -0.2) is 175 Å². The highest BCUT2D eigenvalue weighted by atomic mass is 16.5. The molecule has 0 spiro atoms. The van der Waals surface area contributed by atoms with E-state index in [4.69, 9.17) is 0 Å². The van der Waals surface area contributed by atoms with Gasteiger partial charge in [0, 0.05) is 39.9 Å². The fraction of sp³-hybridized carbons (Fsp3) is 0.727. The molecule has 0 aromatic carbocycles. The van der Waals surface area contributed by atoms with Crippen molar-refractivity contribution in [1.29, 1.82) is 0 Å². The number of carbonyl (C=O) groups is 10. The molecule has 0 bridgehead atoms. The maximum absolute atomic E-state index is 13.5. The Kier molecular flexibility index (Phi) is 30.6. The van der Waals surface area contributed by atoms with Gasteiger partial charge in [0.05, 0.1) is 13.2 Å². The number of nitrogens with one attached hydrogen (secondary N) is 7. The molecule has 392 valence electrons. The summed E-state index contributed by atoms with van der Waals surface area (Å²) >= 11 is 0. The van der Waals surface area contributed by atoms with Crippen LogP contribution in [0.3, 0.4) is 0 Å². The number of amides is 9. The lowest BCUT2D eigenvalue weighted by Gasteiger charge is -2.26. The molecule has 0 saturated carbocycles. The Morgan fingerprint density at radius 2 is 1.14 bits per heavy atom. The van der Waals surface area contributed by atoms with E-state index in [1.54, 1.807) is 0 Å². The van der Waals surface area contributed by atoms with Crippen molar-refractivity contribution in [3.05, 3.63) is 12.2 Å². The highest BCUT2D eigenvalue weighted by Crippen LogP contribution is 2.11. The molecule has 13 N–H and O–H groups in total. The number of aliphatic hydroxyl groups excluding tert-OH is 3. The summed E-state index contributed by atoms with van der Waals surface area (Å²) in [6.45, 7) is 1.26. The van der Waals surface area contributed by atoms with E-state index in [1.807, 2.05) is 0 Å². The van der Waals surface area contributed by atoms with Crippen LogP contribution >= 0.6 is 0 Å². The second-order valence-electron chi connectivity index (χ2n) is 16.8. The van der Waals surface area contributed by atoms with Crippen molar-refractivity contribution in [2.75, 3.05) is 32.8 Å². The molecule has 0 aromatic rings. The van der Waals surface area contributed by atoms with E-state index < -0.39 is 115 Å². The number of aliphatic carboxylic acids is 1. The SMILES string of the molecule is CCCCCC/C=C\CCCCCCCC(=O)N[C@H]1C(=O)N[C@H](C(=O)N[C@H](CO)C(=O)N[C@H](CCCN(O)C(C)=O)C(=O)N[C@@H](CO)C(=O)N[C@@H](CCCN(O)C(C)=O)C(=O)O)CCNC(=O)[C@@H]1O. The maximum Gasteiger partial charge on any atom is 0.326 e. The number of carboxylic acid groups (broad SMARTS) is 1. The van der Waals surface area contributed by atoms with E-state index in [-0.39, 0.29) is 58.2 Å². The molecule has 0 radical (unpaired) electrons. The zero-order valence-corrected chi connectivity index (χ0v) is 39.9. The van der Waals surface area contributed by atoms with Crippen LogP contribution in [0.1, 0.15) is 130 Å². The Morgan fingerprint density at radius 3 is 1.68 bits per heavy atom. The predicted molar refractivity (Wildman–Crippen MR) is 244 cm³/mol. The third-order valence-electron chi connectivity index (χ3n) is 11.0. The van der Waals surface area contributed by atoms with Crippen molar-refractivity contribution >= 4 is 59.1 Å². The van der Waals surface area contributed by atoms with E-state index in [0.717, 1.165) is 52.4 Å². The Morgan fingerprint density at radius 1 is 0.667 bits per heavy atom. The Labute approximate surface area is 401 Å². The van der Waals surface area contributed by atoms with Crippen LogP contribution in [0.4, 0.5) is 0 Å². The second-order valence-corrected chi connectivity index (χ2v) is 16.8. The van der Waals surface area contributed by atoms with Crippen molar-refractivity contribution in [3.63, 3.8) is 0 Å². The van der Waals surface area contributed by atoms with Crippen LogP contribution in [0.2, 0.25) is 0 Å². The summed E-state index contributed by atoms with van der Waals surface area (Å²) in [5.74, 6) is -10.3. The molecule has 1 fully saturated rings. The second kappa shape index (κ2) is 34.5. The average Bonchev–Trinajstić information content (AvgIpc) is 3.35. The van der Waals surface area contributed by atoms with E-state index in [9.17, 15) is 78.8 Å². The van der Waals surface area contributed by atoms with Gasteiger partial charge in [0.15, 0.2) is 6.10 Å². The van der Waals surface area contributed by atoms with Crippen molar-refractivity contribution in [2.45, 2.75) is 172 Å². The van der Waals surface area contributed by atoms with Gasteiger partial charge in [-0.25, -0.2) is 14.9 Å². The molecule has 7 atom stereocenters. The number of rotatable bonds is 33. The topological polar surface area (TPSA) is 383 Å². The van der Waals surface area contributed by atoms with Crippen LogP contribution in [0.5, 0.6) is 0 Å². The highest BCUT2D eigenvalue weighted by Gasteiger charge is 2.38. The number of carboxylic acids is 1. The molecule has 25 nitrogen and oxygen atoms in total. The standard InChI is InChI=1S/C44H75N9O16/c1-4-5-6-7-8-9-10-11-12-13-14-15-16-21-35(58)51-36-37(59)43(65)45-23-22-31(47-42(36)64)39(61)50-33(26-54)40(62)46-30(19-17-24-52(68)28(2)56)38(60)49-34(27-55)41(63)48-32(44(66)67)20-18-25-53(69)29(3)57/h9-10,30-34,36-37,54-55,59,68-69H,4-8,11-27H2,1-3H3,(H,45,65)(H,46,62)(H,47,64)(H,48,63)(H,49,60)(H,50,61)(H,51,58)(H,66,67)/b10-9-/t30-,31+,32+,33-,34+,36-,37-/m1/s1. The molecule has 25 heteroatoms. The highest BCUT2D eigenvalue weighted by molar-refractivity contribution is 5.99. The van der Waals surface area contributed by atoms with Gasteiger partial charge in [-0.2, -0.15) is 0 Å². The molecular weight excluding hydrogens is 911 g/mol. The minimum Gasteiger partial charge on any atom is -0.480 e. The van der Waals surface area contributed by atoms with Gasteiger partial charge in [0.25, 0.3) is 5.91 Å². The van der Waals surface area contributed by atoms with Gasteiger partial charge in [-0.3, -0.25) is 53.6 Å². The number of aliphatic hydroxyl groups is 3. The van der Waals surface area contributed by atoms with Gasteiger partial charge >= 0.3 is 5.97 Å². The van der Waals surface area contributed by atoms with Crippen LogP contribution < -0.4 is 37.2 Å². The quantitative estimate of drug-likeness (QED) is 0.0148. The molecule has 1 aliphatic rings. The fourth-order valence-electron chi connectivity index (χ4n) is 6.87. The van der Waals surface area contributed by atoms with E-state index in [1.165, 1.54) is 25.7 Å². The molecule has 1 rings (SSSR count). The minimum absolute atomic E-state index is 0.00473. The lowest BCUT2D eigenvalue weighted by Crippen LogP contribution is -2.61. The maximum atomic E-state index is 13.5. The molecule has 0 unspecified atom stereocenters. The van der Waals surface area contributed by atoms with Gasteiger partial charge in [-0.05, 0) is 64.2 Å². The van der Waals surface area contributed by atoms with Crippen LogP contribution in [-0.2, 0) is 47.9 Å². The summed E-state index contributed by atoms with van der Waals surface area (Å²) in [6.07, 6.45) is 12.2. The van der Waals surface area contributed by atoms with Gasteiger partial charge in [0.1, 0.15) is 36.3 Å². The summed E-state index contributed by atoms with van der Waals surface area (Å²) in [4.78, 5) is 127. The number of allylic oxidation sites excluding steroid dienone is 2. The molecular formula is C44H75N9O16. The molecule has 1 heterocycles. The first-order chi connectivity index (χ1) is 32.8. The molecule has 69 heavy (non-hydrogen) atoms. The van der Waals surface area contributed by atoms with E-state index >= 15 is 0 Å². The van der Waals surface area contributed by atoms with Gasteiger partial charge in [0.2, 0.25) is 47.3 Å². The molecule has 1 saturated heterocycles. The summed E-state index contributed by atoms with van der Waals surface area (Å²) in [7, 11) is 0. The van der Waals surface area contributed by atoms with Crippen molar-refractivity contribution in [2.24, 2.45) is 0 Å². The molecule has 9 amide bonds. The van der Waals surface area contributed by atoms with E-state index in [0.29, 0.717) is 16.5 Å². The summed E-state index contributed by atoms with van der Waals surface area (Å²) < 4.78 is 0. The fourth-order valence-corrected chi connectivity index (χ4v) is 6.87. The first-order valence-electron chi connectivity index (χ1n) is 23.6. The number of carbonyl (C=O) groups excluding carboxylic acids is 9. The molecule has 0 aliphatic carbocycles. The number of nitrogens with zero attached hydrogens (tertiary/aromatic N) is 2. The van der Waals surface area contributed by atoms with Crippen LogP contribution in [0, 0.1) is 0 Å². The average molecular weight is 986 g/mol. The number of unbranched alkanes of at least 4 members (excludes halogenated alkanes) is 9. The normalized spacial score (nSPS) is 17.8. The zero-order chi connectivity index (χ0) is 51.9. The number of hydroxylamine groups is 4. The van der Waals surface area contributed by atoms with Crippen molar-refractivity contribution in [3.8, 4) is 0 Å². The zero-order valence-electron chi connectivity index (χ0n) is 39.9. The van der Waals surface area contributed by atoms with Crippen LogP contribution in [0.15, 0.2) is 12.2 Å². The summed E-state index contributed by atoms with van der Waals surface area (Å²) in [5, 5.41) is 76.4. The largest absolute Gasteiger partial charge is 0.480 e. The first kappa shape index (κ1) is 61.3.